The van der Waals surface area contributed by atoms with Crippen LogP contribution in [0, 0.1) is 11.6 Å². The van der Waals surface area contributed by atoms with Gasteiger partial charge in [-0.25, -0.2) is 8.78 Å². The predicted octanol–water partition coefficient (Wildman–Crippen LogP) is 2.27. The van der Waals surface area contributed by atoms with Gasteiger partial charge < -0.3 is 14.8 Å². The summed E-state index contributed by atoms with van der Waals surface area (Å²) in [7, 11) is 1.30. The molecule has 0 saturated carbocycles. The van der Waals surface area contributed by atoms with E-state index < -0.39 is 23.1 Å². The van der Waals surface area contributed by atoms with Crippen molar-refractivity contribution in [2.45, 2.75) is 25.4 Å². The highest BCUT2D eigenvalue weighted by Gasteiger charge is 2.21. The molecule has 1 saturated heterocycles. The Morgan fingerprint density at radius 2 is 2.10 bits per heavy atom. The highest BCUT2D eigenvalue weighted by Crippen LogP contribution is 2.20. The molecule has 1 amide bonds. The largest absolute Gasteiger partial charge is 0.497 e. The molecule has 1 aromatic rings. The number of rotatable bonds is 4. The lowest BCUT2D eigenvalue weighted by atomic mass is 10.1. The Balaban J connectivity index is 2.01. The van der Waals surface area contributed by atoms with Crippen LogP contribution in [-0.2, 0) is 4.74 Å². The average Bonchev–Trinajstić information content (AvgIpc) is 2.45. The van der Waals surface area contributed by atoms with Gasteiger partial charge >= 0.3 is 0 Å². The van der Waals surface area contributed by atoms with Gasteiger partial charge in [-0.05, 0) is 19.3 Å². The zero-order chi connectivity index (χ0) is 14.5. The van der Waals surface area contributed by atoms with Gasteiger partial charge in [0.05, 0.1) is 13.2 Å². The summed E-state index contributed by atoms with van der Waals surface area (Å²) in [5, 5.41) is 2.50. The highest BCUT2D eigenvalue weighted by molar-refractivity contribution is 5.94. The monoisotopic (exact) mass is 285 g/mol. The topological polar surface area (TPSA) is 47.6 Å². The van der Waals surface area contributed by atoms with Crippen LogP contribution in [0.5, 0.6) is 5.75 Å². The smallest absolute Gasteiger partial charge is 0.257 e. The lowest BCUT2D eigenvalue weighted by Gasteiger charge is -2.22. The molecule has 4 nitrogen and oxygen atoms in total. The van der Waals surface area contributed by atoms with Crippen molar-refractivity contribution in [2.75, 3.05) is 20.3 Å². The SMILES string of the molecule is COc1cc(F)c(C(=O)NC[C@@H]2CCCCO2)c(F)c1. The fourth-order valence-corrected chi connectivity index (χ4v) is 2.15. The van der Waals surface area contributed by atoms with Crippen molar-refractivity contribution in [3.05, 3.63) is 29.3 Å². The molecule has 20 heavy (non-hydrogen) atoms. The zero-order valence-electron chi connectivity index (χ0n) is 11.2. The summed E-state index contributed by atoms with van der Waals surface area (Å²) >= 11 is 0. The molecular weight excluding hydrogens is 268 g/mol. The van der Waals surface area contributed by atoms with Gasteiger partial charge in [0.25, 0.3) is 5.91 Å². The maximum Gasteiger partial charge on any atom is 0.257 e. The second-order valence-electron chi connectivity index (χ2n) is 4.66. The van der Waals surface area contributed by atoms with Crippen LogP contribution in [0.4, 0.5) is 8.78 Å². The van der Waals surface area contributed by atoms with Crippen molar-refractivity contribution in [1.82, 2.24) is 5.32 Å². The van der Waals surface area contributed by atoms with Crippen LogP contribution in [0.3, 0.4) is 0 Å². The highest BCUT2D eigenvalue weighted by atomic mass is 19.1. The third-order valence-electron chi connectivity index (χ3n) is 3.24. The fraction of sp³-hybridized carbons (Fsp3) is 0.500. The summed E-state index contributed by atoms with van der Waals surface area (Å²) in [6, 6.07) is 1.96. The molecule has 0 aliphatic carbocycles. The van der Waals surface area contributed by atoms with Gasteiger partial charge in [0.2, 0.25) is 0 Å². The molecule has 1 heterocycles. The van der Waals surface area contributed by atoms with Gasteiger partial charge in [-0.1, -0.05) is 0 Å². The number of hydrogen-bond donors (Lipinski definition) is 1. The summed E-state index contributed by atoms with van der Waals surface area (Å²) < 4.78 is 37.6. The number of ether oxygens (including phenoxy) is 2. The number of benzene rings is 1. The molecule has 1 aliphatic rings. The zero-order valence-corrected chi connectivity index (χ0v) is 11.2. The van der Waals surface area contributed by atoms with E-state index >= 15 is 0 Å². The number of carbonyl (C=O) groups excluding carboxylic acids is 1. The van der Waals surface area contributed by atoms with E-state index in [1.54, 1.807) is 0 Å². The van der Waals surface area contributed by atoms with Crippen LogP contribution in [0.2, 0.25) is 0 Å². The molecule has 0 spiro atoms. The number of hydrogen-bond acceptors (Lipinski definition) is 3. The van der Waals surface area contributed by atoms with Gasteiger partial charge in [-0.15, -0.1) is 0 Å². The van der Waals surface area contributed by atoms with E-state index in [1.165, 1.54) is 7.11 Å². The first-order valence-corrected chi connectivity index (χ1v) is 6.54. The first-order valence-electron chi connectivity index (χ1n) is 6.54. The van der Waals surface area contributed by atoms with Crippen LogP contribution >= 0.6 is 0 Å². The molecular formula is C14H17F2NO3. The van der Waals surface area contributed by atoms with E-state index in [0.29, 0.717) is 6.61 Å². The second kappa shape index (κ2) is 6.65. The number of amides is 1. The Labute approximate surface area is 116 Å². The second-order valence-corrected chi connectivity index (χ2v) is 4.66. The number of methoxy groups -OCH3 is 1. The van der Waals surface area contributed by atoms with Crippen LogP contribution < -0.4 is 10.1 Å². The Morgan fingerprint density at radius 3 is 2.65 bits per heavy atom. The van der Waals surface area contributed by atoms with E-state index in [1.807, 2.05) is 0 Å². The van der Waals surface area contributed by atoms with Gasteiger partial charge in [0.15, 0.2) is 0 Å². The maximum absolute atomic E-state index is 13.7. The minimum atomic E-state index is -0.941. The van der Waals surface area contributed by atoms with Gasteiger partial charge in [0, 0.05) is 25.3 Å². The molecule has 0 radical (unpaired) electrons. The summed E-state index contributed by atoms with van der Waals surface area (Å²) in [4.78, 5) is 11.8. The predicted molar refractivity (Wildman–Crippen MR) is 68.8 cm³/mol. The van der Waals surface area contributed by atoms with Crippen LogP contribution in [0.15, 0.2) is 12.1 Å². The van der Waals surface area contributed by atoms with Crippen LogP contribution in [0.25, 0.3) is 0 Å². The number of nitrogens with one attached hydrogen (secondary N) is 1. The van der Waals surface area contributed by atoms with E-state index in [4.69, 9.17) is 9.47 Å². The normalized spacial score (nSPS) is 18.6. The van der Waals surface area contributed by atoms with Crippen molar-refractivity contribution in [3.8, 4) is 5.75 Å². The summed E-state index contributed by atoms with van der Waals surface area (Å²) in [5.41, 5.74) is -0.596. The molecule has 1 fully saturated rings. The first-order chi connectivity index (χ1) is 9.61. The number of carbonyl (C=O) groups is 1. The van der Waals surface area contributed by atoms with Crippen molar-refractivity contribution >= 4 is 5.91 Å². The summed E-state index contributed by atoms with van der Waals surface area (Å²) in [5.74, 6) is -2.63. The molecule has 0 aromatic heterocycles. The lowest BCUT2D eigenvalue weighted by Crippen LogP contribution is -2.36. The van der Waals surface area contributed by atoms with E-state index in [-0.39, 0.29) is 18.4 Å². The Bertz CT molecular complexity index is 464. The first kappa shape index (κ1) is 14.7. The van der Waals surface area contributed by atoms with Gasteiger partial charge in [0.1, 0.15) is 22.9 Å². The molecule has 2 rings (SSSR count). The molecule has 1 atom stereocenters. The van der Waals surface area contributed by atoms with E-state index in [9.17, 15) is 13.6 Å². The van der Waals surface area contributed by atoms with Gasteiger partial charge in [-0.3, -0.25) is 4.79 Å². The van der Waals surface area contributed by atoms with Gasteiger partial charge in [-0.2, -0.15) is 0 Å². The minimum Gasteiger partial charge on any atom is -0.497 e. The Hall–Kier alpha value is -1.69. The van der Waals surface area contributed by atoms with Crippen molar-refractivity contribution in [3.63, 3.8) is 0 Å². The molecule has 1 N–H and O–H groups in total. The Kier molecular flexibility index (Phi) is 4.89. The third kappa shape index (κ3) is 3.45. The van der Waals surface area contributed by atoms with Crippen molar-refractivity contribution in [2.24, 2.45) is 0 Å². The number of halogens is 2. The third-order valence-corrected chi connectivity index (χ3v) is 3.24. The molecule has 0 unspecified atom stereocenters. The molecule has 0 bridgehead atoms. The lowest BCUT2D eigenvalue weighted by molar-refractivity contribution is 0.0168. The van der Waals surface area contributed by atoms with Crippen LogP contribution in [0.1, 0.15) is 29.6 Å². The maximum atomic E-state index is 13.7. The molecule has 1 aromatic carbocycles. The minimum absolute atomic E-state index is 0.0344. The molecule has 110 valence electrons. The van der Waals surface area contributed by atoms with Crippen molar-refractivity contribution < 1.29 is 23.0 Å². The fourth-order valence-electron chi connectivity index (χ4n) is 2.15. The van der Waals surface area contributed by atoms with Crippen molar-refractivity contribution in [1.29, 1.82) is 0 Å². The van der Waals surface area contributed by atoms with Crippen LogP contribution in [-0.4, -0.2) is 32.3 Å². The molecule has 1 aliphatic heterocycles. The van der Waals surface area contributed by atoms with E-state index in [0.717, 1.165) is 31.4 Å². The quantitative estimate of drug-likeness (QED) is 0.923. The Morgan fingerprint density at radius 1 is 1.40 bits per heavy atom. The summed E-state index contributed by atoms with van der Waals surface area (Å²) in [6.45, 7) is 0.912. The molecule has 6 heteroatoms. The average molecular weight is 285 g/mol. The summed E-state index contributed by atoms with van der Waals surface area (Å²) in [6.07, 6.45) is 2.79. The standard InChI is InChI=1S/C14H17F2NO3/c1-19-10-6-11(15)13(12(16)7-10)14(18)17-8-9-4-2-3-5-20-9/h6-7,9H,2-5,8H2,1H3,(H,17,18)/t9-/m0/s1. The van der Waals surface area contributed by atoms with E-state index in [2.05, 4.69) is 5.32 Å².